The van der Waals surface area contributed by atoms with Crippen LogP contribution in [0.15, 0.2) is 59.2 Å². The van der Waals surface area contributed by atoms with Crippen LogP contribution in [0, 0.1) is 0 Å². The first-order valence-corrected chi connectivity index (χ1v) is 11.9. The van der Waals surface area contributed by atoms with Gasteiger partial charge in [-0.3, -0.25) is 14.6 Å². The molecule has 5 rings (SSSR count). The SMILES string of the molecule is CCCN(OCc1ccc(N)cc1)C(=O)C1=Cc2ccc(-c3cnc4c(c3)C(=O)OC4)nc2N=C(N)C1. The second-order valence-corrected chi connectivity index (χ2v) is 8.78. The van der Waals surface area contributed by atoms with Crippen molar-refractivity contribution in [2.24, 2.45) is 10.7 Å². The van der Waals surface area contributed by atoms with Crippen LogP contribution < -0.4 is 11.5 Å². The lowest BCUT2D eigenvalue weighted by atomic mass is 10.1. The van der Waals surface area contributed by atoms with Crippen molar-refractivity contribution < 1.29 is 19.2 Å². The second kappa shape index (κ2) is 10.2. The molecule has 1 amide bonds. The molecule has 4 heterocycles. The summed E-state index contributed by atoms with van der Waals surface area (Å²) >= 11 is 0. The number of nitrogens with zero attached hydrogens (tertiary/aromatic N) is 4. The Morgan fingerprint density at radius 2 is 1.97 bits per heavy atom. The highest BCUT2D eigenvalue weighted by molar-refractivity contribution is 6.05. The number of hydrogen-bond acceptors (Lipinski definition) is 9. The number of amidine groups is 1. The molecule has 3 aromatic rings. The summed E-state index contributed by atoms with van der Waals surface area (Å²) in [4.78, 5) is 44.6. The topological polar surface area (TPSA) is 146 Å². The molecule has 0 saturated heterocycles. The number of cyclic esters (lactones) is 1. The Bertz CT molecular complexity index is 1430. The molecule has 1 aromatic carbocycles. The number of esters is 1. The first-order valence-electron chi connectivity index (χ1n) is 11.9. The van der Waals surface area contributed by atoms with Gasteiger partial charge < -0.3 is 16.2 Å². The van der Waals surface area contributed by atoms with E-state index in [1.54, 1.807) is 36.5 Å². The fourth-order valence-electron chi connectivity index (χ4n) is 4.06. The van der Waals surface area contributed by atoms with Gasteiger partial charge in [-0.25, -0.2) is 19.8 Å². The molecule has 4 N–H and O–H groups in total. The van der Waals surface area contributed by atoms with Crippen molar-refractivity contribution in [1.82, 2.24) is 15.0 Å². The molecule has 10 heteroatoms. The molecule has 0 fully saturated rings. The van der Waals surface area contributed by atoms with E-state index in [1.165, 1.54) is 5.06 Å². The molecular weight excluding hydrogens is 472 g/mol. The number of fused-ring (bicyclic) bond motifs is 2. The van der Waals surface area contributed by atoms with Crippen LogP contribution in [0.25, 0.3) is 17.3 Å². The Morgan fingerprint density at radius 3 is 2.76 bits per heavy atom. The monoisotopic (exact) mass is 498 g/mol. The highest BCUT2D eigenvalue weighted by Gasteiger charge is 2.25. The summed E-state index contributed by atoms with van der Waals surface area (Å²) in [6, 6.07) is 12.6. The van der Waals surface area contributed by atoms with Crippen LogP contribution in [0.2, 0.25) is 0 Å². The first-order chi connectivity index (χ1) is 17.9. The number of aromatic nitrogens is 2. The number of amides is 1. The molecular formula is C27H26N6O4. The highest BCUT2D eigenvalue weighted by atomic mass is 16.7. The van der Waals surface area contributed by atoms with Gasteiger partial charge in [0, 0.05) is 41.5 Å². The number of nitrogen functional groups attached to an aromatic ring is 1. The molecule has 188 valence electrons. The minimum Gasteiger partial charge on any atom is -0.456 e. The lowest BCUT2D eigenvalue weighted by Crippen LogP contribution is -2.34. The Balaban J connectivity index is 1.40. The Labute approximate surface area is 213 Å². The van der Waals surface area contributed by atoms with Crippen molar-refractivity contribution in [3.05, 3.63) is 76.6 Å². The lowest BCUT2D eigenvalue weighted by Gasteiger charge is -2.22. The molecule has 37 heavy (non-hydrogen) atoms. The Kier molecular flexibility index (Phi) is 6.65. The minimum absolute atomic E-state index is 0.155. The van der Waals surface area contributed by atoms with Gasteiger partial charge in [-0.2, -0.15) is 0 Å². The fourth-order valence-corrected chi connectivity index (χ4v) is 4.06. The van der Waals surface area contributed by atoms with E-state index in [-0.39, 0.29) is 31.4 Å². The van der Waals surface area contributed by atoms with Crippen LogP contribution in [0.1, 0.15) is 46.9 Å². The van der Waals surface area contributed by atoms with Crippen LogP contribution in [0.5, 0.6) is 0 Å². The number of hydrogen-bond donors (Lipinski definition) is 2. The lowest BCUT2D eigenvalue weighted by molar-refractivity contribution is -0.187. The number of rotatable bonds is 7. The number of ether oxygens (including phenoxy) is 1. The van der Waals surface area contributed by atoms with E-state index >= 15 is 0 Å². The van der Waals surface area contributed by atoms with Gasteiger partial charge in [0.2, 0.25) is 0 Å². The van der Waals surface area contributed by atoms with Crippen molar-refractivity contribution in [3.8, 4) is 11.3 Å². The predicted molar refractivity (Wildman–Crippen MR) is 138 cm³/mol. The van der Waals surface area contributed by atoms with Gasteiger partial charge in [0.05, 0.1) is 17.0 Å². The number of pyridine rings is 2. The first kappa shape index (κ1) is 24.1. The molecule has 0 radical (unpaired) electrons. The molecule has 0 saturated carbocycles. The summed E-state index contributed by atoms with van der Waals surface area (Å²) in [7, 11) is 0. The van der Waals surface area contributed by atoms with Gasteiger partial charge >= 0.3 is 5.97 Å². The third-order valence-corrected chi connectivity index (χ3v) is 5.98. The van der Waals surface area contributed by atoms with Gasteiger partial charge in [-0.1, -0.05) is 19.1 Å². The molecule has 0 spiro atoms. The van der Waals surface area contributed by atoms with Crippen LogP contribution in [0.3, 0.4) is 0 Å². The zero-order chi connectivity index (χ0) is 25.9. The maximum absolute atomic E-state index is 13.4. The number of carbonyl (C=O) groups excluding carboxylic acids is 2. The smallest absolute Gasteiger partial charge is 0.340 e. The van der Waals surface area contributed by atoms with Crippen molar-refractivity contribution in [2.75, 3.05) is 12.3 Å². The van der Waals surface area contributed by atoms with Gasteiger partial charge in [0.15, 0.2) is 5.82 Å². The highest BCUT2D eigenvalue weighted by Crippen LogP contribution is 2.30. The number of hydroxylamine groups is 2. The van der Waals surface area contributed by atoms with E-state index in [2.05, 4.69) is 15.0 Å². The van der Waals surface area contributed by atoms with Crippen LogP contribution >= 0.6 is 0 Å². The third kappa shape index (κ3) is 5.19. The van der Waals surface area contributed by atoms with Crippen molar-refractivity contribution >= 4 is 35.3 Å². The summed E-state index contributed by atoms with van der Waals surface area (Å²) in [6.07, 6.45) is 4.26. The largest absolute Gasteiger partial charge is 0.456 e. The number of nitrogens with two attached hydrogens (primary N) is 2. The second-order valence-electron chi connectivity index (χ2n) is 8.78. The molecule has 10 nitrogen and oxygen atoms in total. The molecule has 2 aliphatic rings. The maximum Gasteiger partial charge on any atom is 0.340 e. The molecule has 0 unspecified atom stereocenters. The van der Waals surface area contributed by atoms with Crippen LogP contribution in [-0.4, -0.2) is 39.3 Å². The Morgan fingerprint density at radius 1 is 1.16 bits per heavy atom. The van der Waals surface area contributed by atoms with Gasteiger partial charge in [-0.15, -0.1) is 0 Å². The van der Waals surface area contributed by atoms with E-state index in [0.717, 1.165) is 5.56 Å². The van der Waals surface area contributed by atoms with E-state index in [4.69, 9.17) is 21.0 Å². The number of benzene rings is 1. The molecule has 0 bridgehead atoms. The third-order valence-electron chi connectivity index (χ3n) is 5.98. The molecule has 0 atom stereocenters. The van der Waals surface area contributed by atoms with E-state index < -0.39 is 5.97 Å². The van der Waals surface area contributed by atoms with E-state index in [0.29, 0.717) is 58.1 Å². The summed E-state index contributed by atoms with van der Waals surface area (Å²) in [5.74, 6) is -0.0456. The van der Waals surface area contributed by atoms with Crippen molar-refractivity contribution in [2.45, 2.75) is 33.0 Å². The molecule has 0 aliphatic carbocycles. The zero-order valence-corrected chi connectivity index (χ0v) is 20.3. The number of carbonyl (C=O) groups is 2. The van der Waals surface area contributed by atoms with Crippen molar-refractivity contribution in [1.29, 1.82) is 0 Å². The number of aliphatic imine (C=N–C) groups is 1. The fraction of sp³-hybridized carbons (Fsp3) is 0.222. The van der Waals surface area contributed by atoms with Gasteiger partial charge in [-0.05, 0) is 48.4 Å². The van der Waals surface area contributed by atoms with E-state index in [1.807, 2.05) is 25.1 Å². The van der Waals surface area contributed by atoms with Crippen LogP contribution in [-0.2, 0) is 27.6 Å². The predicted octanol–water partition coefficient (Wildman–Crippen LogP) is 3.54. The average molecular weight is 499 g/mol. The maximum atomic E-state index is 13.4. The van der Waals surface area contributed by atoms with Crippen LogP contribution in [0.4, 0.5) is 11.5 Å². The van der Waals surface area contributed by atoms with Gasteiger partial charge in [0.25, 0.3) is 5.91 Å². The average Bonchev–Trinajstić information content (AvgIpc) is 3.17. The Hall–Kier alpha value is -4.57. The molecule has 2 aliphatic heterocycles. The van der Waals surface area contributed by atoms with Gasteiger partial charge in [0.1, 0.15) is 19.0 Å². The number of anilines is 1. The summed E-state index contributed by atoms with van der Waals surface area (Å²) < 4.78 is 5.03. The minimum atomic E-state index is -0.400. The summed E-state index contributed by atoms with van der Waals surface area (Å²) in [5.41, 5.74) is 16.9. The summed E-state index contributed by atoms with van der Waals surface area (Å²) in [5, 5.41) is 1.36. The standard InChI is InChI=1S/C27H26N6O4/c1-2-9-33(37-14-16-3-6-20(28)7-4-16)26(34)18-10-17-5-8-22(31-25(17)32-24(29)12-18)19-11-21-23(30-13-19)15-36-27(21)35/h3-8,10-11,13H,2,9,12,14-15,28H2,1H3,(H2,29,31,32). The zero-order valence-electron chi connectivity index (χ0n) is 20.3. The van der Waals surface area contributed by atoms with Crippen molar-refractivity contribution in [3.63, 3.8) is 0 Å². The van der Waals surface area contributed by atoms with E-state index in [9.17, 15) is 9.59 Å². The molecule has 2 aromatic heterocycles. The normalized spacial score (nSPS) is 14.1. The quantitative estimate of drug-likeness (QED) is 0.286. The summed E-state index contributed by atoms with van der Waals surface area (Å²) in [6.45, 7) is 2.79.